The molecule has 1 aromatic heterocycles. The summed E-state index contributed by atoms with van der Waals surface area (Å²) in [6.07, 6.45) is 7.24. The highest BCUT2D eigenvalue weighted by molar-refractivity contribution is 5.74. The van der Waals surface area contributed by atoms with Gasteiger partial charge in [-0.3, -0.25) is 0 Å². The quantitative estimate of drug-likeness (QED) is 0.842. The molecule has 3 rings (SSSR count). The Kier molecular flexibility index (Phi) is 6.55. The minimum Gasteiger partial charge on any atom is -0.381 e. The monoisotopic (exact) mass is 361 g/mol. The number of hydrogen-bond acceptors (Lipinski definition) is 5. The molecule has 2 fully saturated rings. The maximum Gasteiger partial charge on any atom is 0.317 e. The molecule has 3 heterocycles. The lowest BCUT2D eigenvalue weighted by Gasteiger charge is -2.22. The van der Waals surface area contributed by atoms with Crippen molar-refractivity contribution in [3.05, 3.63) is 18.3 Å². The normalized spacial score (nSPS) is 23.4. The Morgan fingerprint density at radius 1 is 1.27 bits per heavy atom. The summed E-state index contributed by atoms with van der Waals surface area (Å²) in [5.41, 5.74) is 1.04. The van der Waals surface area contributed by atoms with Crippen molar-refractivity contribution >= 4 is 17.5 Å². The molecular formula is C19H31N5O2. The average Bonchev–Trinajstić information content (AvgIpc) is 3.05. The zero-order valence-electron chi connectivity index (χ0n) is 15.9. The average molecular weight is 361 g/mol. The number of nitrogens with one attached hydrogen (secondary N) is 2. The Bertz CT molecular complexity index is 572. The van der Waals surface area contributed by atoms with Crippen LogP contribution in [0.2, 0.25) is 0 Å². The standard InChI is InChI=1S/C19H31N5O2/c1-23(2)18-8-7-16(13-20-18)22-15-5-3-10-24(11-9-15)19(25)21-14-17-6-4-12-26-17/h7-8,13,15,17,22H,3-6,9-12,14H2,1-2H3,(H,21,25)/t15-,17-/m0/s1. The van der Waals surface area contributed by atoms with Gasteiger partial charge >= 0.3 is 6.03 Å². The smallest absolute Gasteiger partial charge is 0.317 e. The molecule has 0 saturated carbocycles. The number of pyridine rings is 1. The third-order valence-electron chi connectivity index (χ3n) is 5.10. The Balaban J connectivity index is 1.44. The molecule has 2 aliphatic rings. The number of carbonyl (C=O) groups excluding carboxylic acids is 1. The fourth-order valence-electron chi connectivity index (χ4n) is 3.53. The van der Waals surface area contributed by atoms with Crippen molar-refractivity contribution in [3.63, 3.8) is 0 Å². The molecule has 26 heavy (non-hydrogen) atoms. The SMILES string of the molecule is CN(C)c1ccc(N[C@H]2CCCN(C(=O)NC[C@@H]3CCCO3)CC2)cn1. The van der Waals surface area contributed by atoms with Gasteiger partial charge in [0.1, 0.15) is 5.82 Å². The molecular weight excluding hydrogens is 330 g/mol. The van der Waals surface area contributed by atoms with Crippen molar-refractivity contribution in [2.75, 3.05) is 50.6 Å². The summed E-state index contributed by atoms with van der Waals surface area (Å²) in [6.45, 7) is 3.04. The number of urea groups is 1. The molecule has 2 aliphatic heterocycles. The van der Waals surface area contributed by atoms with Gasteiger partial charge in [0.05, 0.1) is 18.0 Å². The molecule has 1 aromatic rings. The highest BCUT2D eigenvalue weighted by Crippen LogP contribution is 2.18. The molecule has 2 atom stereocenters. The highest BCUT2D eigenvalue weighted by atomic mass is 16.5. The zero-order chi connectivity index (χ0) is 18.4. The second-order valence-corrected chi connectivity index (χ2v) is 7.38. The van der Waals surface area contributed by atoms with Crippen LogP contribution in [-0.2, 0) is 4.74 Å². The van der Waals surface area contributed by atoms with E-state index in [4.69, 9.17) is 4.74 Å². The van der Waals surface area contributed by atoms with Gasteiger partial charge in [0, 0.05) is 46.4 Å². The molecule has 2 amide bonds. The summed E-state index contributed by atoms with van der Waals surface area (Å²) >= 11 is 0. The van der Waals surface area contributed by atoms with Crippen molar-refractivity contribution in [3.8, 4) is 0 Å². The van der Waals surface area contributed by atoms with E-state index in [9.17, 15) is 4.79 Å². The van der Waals surface area contributed by atoms with E-state index in [0.29, 0.717) is 12.6 Å². The van der Waals surface area contributed by atoms with Gasteiger partial charge in [-0.1, -0.05) is 0 Å². The number of aromatic nitrogens is 1. The number of carbonyl (C=O) groups is 1. The van der Waals surface area contributed by atoms with Crippen LogP contribution in [0.5, 0.6) is 0 Å². The van der Waals surface area contributed by atoms with E-state index in [-0.39, 0.29) is 12.1 Å². The largest absolute Gasteiger partial charge is 0.381 e. The van der Waals surface area contributed by atoms with Crippen LogP contribution in [0.15, 0.2) is 18.3 Å². The molecule has 0 bridgehead atoms. The molecule has 0 spiro atoms. The second-order valence-electron chi connectivity index (χ2n) is 7.38. The van der Waals surface area contributed by atoms with Crippen LogP contribution in [0.3, 0.4) is 0 Å². The molecule has 2 N–H and O–H groups in total. The summed E-state index contributed by atoms with van der Waals surface area (Å²) in [4.78, 5) is 20.8. The van der Waals surface area contributed by atoms with Gasteiger partial charge in [-0.15, -0.1) is 0 Å². The van der Waals surface area contributed by atoms with Crippen molar-refractivity contribution in [1.29, 1.82) is 0 Å². The lowest BCUT2D eigenvalue weighted by atomic mass is 10.1. The minimum atomic E-state index is 0.0400. The summed E-state index contributed by atoms with van der Waals surface area (Å²) in [5, 5.41) is 6.59. The Labute approximate surface area is 156 Å². The van der Waals surface area contributed by atoms with Crippen LogP contribution in [0.25, 0.3) is 0 Å². The van der Waals surface area contributed by atoms with Crippen molar-refractivity contribution in [2.24, 2.45) is 0 Å². The summed E-state index contributed by atoms with van der Waals surface area (Å²) in [5.74, 6) is 0.950. The highest BCUT2D eigenvalue weighted by Gasteiger charge is 2.22. The predicted octanol–water partition coefficient (Wildman–Crippen LogP) is 2.30. The van der Waals surface area contributed by atoms with E-state index in [1.54, 1.807) is 0 Å². The minimum absolute atomic E-state index is 0.0400. The van der Waals surface area contributed by atoms with Crippen molar-refractivity contribution < 1.29 is 9.53 Å². The molecule has 7 nitrogen and oxygen atoms in total. The first-order valence-corrected chi connectivity index (χ1v) is 9.66. The van der Waals surface area contributed by atoms with Crippen LogP contribution < -0.4 is 15.5 Å². The Morgan fingerprint density at radius 3 is 2.85 bits per heavy atom. The van der Waals surface area contributed by atoms with Gasteiger partial charge in [0.15, 0.2) is 0 Å². The maximum atomic E-state index is 12.4. The van der Waals surface area contributed by atoms with Crippen molar-refractivity contribution in [1.82, 2.24) is 15.2 Å². The number of ether oxygens (including phenoxy) is 1. The lowest BCUT2D eigenvalue weighted by Crippen LogP contribution is -2.43. The third kappa shape index (κ3) is 5.24. The first kappa shape index (κ1) is 18.8. The van der Waals surface area contributed by atoms with E-state index in [1.807, 2.05) is 36.2 Å². The number of anilines is 2. The topological polar surface area (TPSA) is 69.7 Å². The molecule has 0 radical (unpaired) electrons. The van der Waals surface area contributed by atoms with E-state index in [1.165, 1.54) is 0 Å². The number of nitrogens with zero attached hydrogens (tertiary/aromatic N) is 3. The van der Waals surface area contributed by atoms with E-state index < -0.39 is 0 Å². The second kappa shape index (κ2) is 9.07. The zero-order valence-corrected chi connectivity index (χ0v) is 15.9. The number of amides is 2. The molecule has 0 aliphatic carbocycles. The number of likely N-dealkylation sites (tertiary alicyclic amines) is 1. The summed E-state index contributed by atoms with van der Waals surface area (Å²) in [6, 6.07) is 4.50. The maximum absolute atomic E-state index is 12.4. The van der Waals surface area contributed by atoms with Crippen LogP contribution in [0.4, 0.5) is 16.3 Å². The van der Waals surface area contributed by atoms with Crippen LogP contribution in [0, 0.1) is 0 Å². The summed E-state index contributed by atoms with van der Waals surface area (Å²) in [7, 11) is 3.97. The molecule has 0 unspecified atom stereocenters. The third-order valence-corrected chi connectivity index (χ3v) is 5.10. The molecule has 7 heteroatoms. The Morgan fingerprint density at radius 2 is 2.15 bits per heavy atom. The van der Waals surface area contributed by atoms with Gasteiger partial charge in [-0.05, 0) is 44.2 Å². The molecule has 2 saturated heterocycles. The van der Waals surface area contributed by atoms with E-state index in [0.717, 1.165) is 63.3 Å². The van der Waals surface area contributed by atoms with E-state index in [2.05, 4.69) is 21.7 Å². The van der Waals surface area contributed by atoms with Crippen LogP contribution in [0.1, 0.15) is 32.1 Å². The van der Waals surface area contributed by atoms with Crippen LogP contribution >= 0.6 is 0 Å². The first-order valence-electron chi connectivity index (χ1n) is 9.66. The predicted molar refractivity (Wildman–Crippen MR) is 104 cm³/mol. The van der Waals surface area contributed by atoms with E-state index >= 15 is 0 Å². The van der Waals surface area contributed by atoms with Crippen LogP contribution in [-0.4, -0.2) is 68.4 Å². The first-order chi connectivity index (χ1) is 12.6. The van der Waals surface area contributed by atoms with Gasteiger partial charge in [0.25, 0.3) is 0 Å². The van der Waals surface area contributed by atoms with Gasteiger partial charge in [-0.25, -0.2) is 9.78 Å². The fourth-order valence-corrected chi connectivity index (χ4v) is 3.53. The van der Waals surface area contributed by atoms with Gasteiger partial charge in [-0.2, -0.15) is 0 Å². The molecule has 144 valence electrons. The van der Waals surface area contributed by atoms with Crippen molar-refractivity contribution in [2.45, 2.75) is 44.2 Å². The Hall–Kier alpha value is -2.02. The number of hydrogen-bond donors (Lipinski definition) is 2. The fraction of sp³-hybridized carbons (Fsp3) is 0.684. The molecule has 0 aromatic carbocycles. The lowest BCUT2D eigenvalue weighted by molar-refractivity contribution is 0.109. The number of rotatable bonds is 5. The van der Waals surface area contributed by atoms with Gasteiger partial charge in [0.2, 0.25) is 0 Å². The van der Waals surface area contributed by atoms with Gasteiger partial charge < -0.3 is 25.2 Å². The summed E-state index contributed by atoms with van der Waals surface area (Å²) < 4.78 is 5.57.